The van der Waals surface area contributed by atoms with Crippen LogP contribution in [0.15, 0.2) is 24.3 Å². The highest BCUT2D eigenvalue weighted by Gasteiger charge is 2.29. The summed E-state index contributed by atoms with van der Waals surface area (Å²) in [6, 6.07) is 7.60. The Morgan fingerprint density at radius 1 is 1.29 bits per heavy atom. The second kappa shape index (κ2) is 7.31. The van der Waals surface area contributed by atoms with Gasteiger partial charge in [0.25, 0.3) is 0 Å². The first kappa shape index (κ1) is 15.6. The highest BCUT2D eigenvalue weighted by molar-refractivity contribution is 5.78. The van der Waals surface area contributed by atoms with E-state index in [4.69, 9.17) is 15.2 Å². The van der Waals surface area contributed by atoms with Crippen LogP contribution in [-0.4, -0.2) is 44.2 Å². The monoisotopic (exact) mass is 292 g/mol. The lowest BCUT2D eigenvalue weighted by molar-refractivity contribution is -0.134. The zero-order valence-corrected chi connectivity index (χ0v) is 12.7. The van der Waals surface area contributed by atoms with E-state index in [0.29, 0.717) is 13.2 Å². The molecule has 116 valence electrons. The fourth-order valence-electron chi connectivity index (χ4n) is 2.63. The Bertz CT molecular complexity index is 461. The number of hydrogen-bond acceptors (Lipinski definition) is 4. The van der Waals surface area contributed by atoms with Crippen LogP contribution in [0.2, 0.25) is 0 Å². The van der Waals surface area contributed by atoms with Crippen LogP contribution in [-0.2, 0) is 4.79 Å². The number of rotatable bonds is 6. The minimum atomic E-state index is 0.0889. The first-order valence-electron chi connectivity index (χ1n) is 7.37. The maximum atomic E-state index is 12.2. The van der Waals surface area contributed by atoms with E-state index in [9.17, 15) is 4.79 Å². The third-order valence-electron chi connectivity index (χ3n) is 3.95. The van der Waals surface area contributed by atoms with Gasteiger partial charge < -0.3 is 20.1 Å². The number of hydrogen-bond donors (Lipinski definition) is 1. The second-order valence-corrected chi connectivity index (χ2v) is 5.55. The molecule has 2 N–H and O–H groups in total. The van der Waals surface area contributed by atoms with Crippen LogP contribution >= 0.6 is 0 Å². The van der Waals surface area contributed by atoms with Crippen LogP contribution < -0.4 is 15.2 Å². The van der Waals surface area contributed by atoms with Gasteiger partial charge in [-0.15, -0.1) is 0 Å². The number of amides is 1. The number of ether oxygens (including phenoxy) is 2. The first-order valence-corrected chi connectivity index (χ1v) is 7.37. The predicted molar refractivity (Wildman–Crippen MR) is 81.4 cm³/mol. The van der Waals surface area contributed by atoms with E-state index in [1.165, 1.54) is 0 Å². The van der Waals surface area contributed by atoms with Gasteiger partial charge in [0.1, 0.15) is 18.1 Å². The highest BCUT2D eigenvalue weighted by Crippen LogP contribution is 2.25. The van der Waals surface area contributed by atoms with E-state index in [1.807, 2.05) is 31.3 Å². The van der Waals surface area contributed by atoms with E-state index in [0.717, 1.165) is 30.8 Å². The fourth-order valence-corrected chi connectivity index (χ4v) is 2.63. The van der Waals surface area contributed by atoms with Gasteiger partial charge in [0.2, 0.25) is 5.91 Å². The standard InChI is InChI=1S/C16H24N2O3/c1-18(16(19)12-3-4-13(17)11-12)9-10-21-15-7-5-14(20-2)6-8-15/h5-8,12-13H,3-4,9-11,17H2,1-2H3. The van der Waals surface area contributed by atoms with Gasteiger partial charge in [0.05, 0.1) is 13.7 Å². The quantitative estimate of drug-likeness (QED) is 0.866. The largest absolute Gasteiger partial charge is 0.497 e. The molecule has 1 aromatic carbocycles. The van der Waals surface area contributed by atoms with Crippen LogP contribution in [0.4, 0.5) is 0 Å². The van der Waals surface area contributed by atoms with Crippen molar-refractivity contribution in [3.63, 3.8) is 0 Å². The fraction of sp³-hybridized carbons (Fsp3) is 0.562. The molecule has 21 heavy (non-hydrogen) atoms. The maximum absolute atomic E-state index is 12.2. The molecule has 0 bridgehead atoms. The third-order valence-corrected chi connectivity index (χ3v) is 3.95. The Labute approximate surface area is 126 Å². The van der Waals surface area contributed by atoms with Crippen LogP contribution in [0.25, 0.3) is 0 Å². The summed E-state index contributed by atoms with van der Waals surface area (Å²) in [5.41, 5.74) is 5.86. The van der Waals surface area contributed by atoms with Crippen molar-refractivity contribution in [3.8, 4) is 11.5 Å². The minimum absolute atomic E-state index is 0.0889. The number of carbonyl (C=O) groups is 1. The third kappa shape index (κ3) is 4.36. The van der Waals surface area contributed by atoms with E-state index < -0.39 is 0 Å². The molecule has 1 fully saturated rings. The van der Waals surface area contributed by atoms with E-state index in [2.05, 4.69) is 0 Å². The summed E-state index contributed by atoms with van der Waals surface area (Å²) in [6.07, 6.45) is 2.67. The van der Waals surface area contributed by atoms with Gasteiger partial charge >= 0.3 is 0 Å². The first-order chi connectivity index (χ1) is 10.1. The van der Waals surface area contributed by atoms with Gasteiger partial charge in [-0.2, -0.15) is 0 Å². The summed E-state index contributed by atoms with van der Waals surface area (Å²) in [7, 11) is 3.45. The zero-order chi connectivity index (χ0) is 15.2. The van der Waals surface area contributed by atoms with Gasteiger partial charge in [0, 0.05) is 19.0 Å². The molecule has 0 aromatic heterocycles. The van der Waals surface area contributed by atoms with Gasteiger partial charge in [-0.25, -0.2) is 0 Å². The summed E-state index contributed by atoms with van der Waals surface area (Å²) in [5.74, 6) is 1.85. The number of nitrogens with two attached hydrogens (primary N) is 1. The van der Waals surface area contributed by atoms with Crippen molar-refractivity contribution in [3.05, 3.63) is 24.3 Å². The SMILES string of the molecule is COc1ccc(OCCN(C)C(=O)C2CCC(N)C2)cc1. The van der Waals surface area contributed by atoms with Crippen LogP contribution in [0.3, 0.4) is 0 Å². The lowest BCUT2D eigenvalue weighted by atomic mass is 10.1. The molecule has 2 rings (SSSR count). The van der Waals surface area contributed by atoms with Gasteiger partial charge in [-0.1, -0.05) is 0 Å². The summed E-state index contributed by atoms with van der Waals surface area (Å²) in [5, 5.41) is 0. The number of likely N-dealkylation sites (N-methyl/N-ethyl adjacent to an activating group) is 1. The molecular weight excluding hydrogens is 268 g/mol. The van der Waals surface area contributed by atoms with Crippen molar-refractivity contribution in [1.29, 1.82) is 0 Å². The van der Waals surface area contributed by atoms with Crippen molar-refractivity contribution in [2.75, 3.05) is 27.3 Å². The normalized spacial score (nSPS) is 21.1. The maximum Gasteiger partial charge on any atom is 0.225 e. The number of carbonyl (C=O) groups excluding carboxylic acids is 1. The van der Waals surface area contributed by atoms with Crippen LogP contribution in [0.1, 0.15) is 19.3 Å². The van der Waals surface area contributed by atoms with Crippen molar-refractivity contribution >= 4 is 5.91 Å². The molecule has 0 aliphatic heterocycles. The molecule has 5 nitrogen and oxygen atoms in total. The second-order valence-electron chi connectivity index (χ2n) is 5.55. The van der Waals surface area contributed by atoms with Crippen LogP contribution in [0.5, 0.6) is 11.5 Å². The van der Waals surface area contributed by atoms with E-state index in [1.54, 1.807) is 12.0 Å². The minimum Gasteiger partial charge on any atom is -0.497 e. The Balaban J connectivity index is 1.73. The molecule has 0 heterocycles. The molecule has 0 saturated heterocycles. The molecule has 1 aliphatic rings. The molecule has 2 unspecified atom stereocenters. The van der Waals surface area contributed by atoms with E-state index >= 15 is 0 Å². The molecule has 1 saturated carbocycles. The Kier molecular flexibility index (Phi) is 5.44. The topological polar surface area (TPSA) is 64.8 Å². The van der Waals surface area contributed by atoms with Crippen molar-refractivity contribution < 1.29 is 14.3 Å². The molecule has 1 aromatic rings. The average molecular weight is 292 g/mol. The molecular formula is C16H24N2O3. The van der Waals surface area contributed by atoms with Gasteiger partial charge in [-0.3, -0.25) is 4.79 Å². The number of methoxy groups -OCH3 is 1. The highest BCUT2D eigenvalue weighted by atomic mass is 16.5. The lowest BCUT2D eigenvalue weighted by Crippen LogP contribution is -2.35. The predicted octanol–water partition coefficient (Wildman–Crippen LogP) is 1.66. The molecule has 2 atom stereocenters. The summed E-state index contributed by atoms with van der Waals surface area (Å²) in [6.45, 7) is 1.06. The molecule has 0 spiro atoms. The smallest absolute Gasteiger partial charge is 0.225 e. The molecule has 0 radical (unpaired) electrons. The van der Waals surface area contributed by atoms with Gasteiger partial charge in [-0.05, 0) is 43.5 Å². The lowest BCUT2D eigenvalue weighted by Gasteiger charge is -2.21. The number of benzene rings is 1. The molecule has 1 aliphatic carbocycles. The van der Waals surface area contributed by atoms with E-state index in [-0.39, 0.29) is 17.9 Å². The number of nitrogens with zero attached hydrogens (tertiary/aromatic N) is 1. The Morgan fingerprint density at radius 3 is 2.52 bits per heavy atom. The van der Waals surface area contributed by atoms with Gasteiger partial charge in [0.15, 0.2) is 0 Å². The van der Waals surface area contributed by atoms with Crippen molar-refractivity contribution in [2.24, 2.45) is 11.7 Å². The van der Waals surface area contributed by atoms with Crippen molar-refractivity contribution in [2.45, 2.75) is 25.3 Å². The summed E-state index contributed by atoms with van der Waals surface area (Å²) < 4.78 is 10.7. The Hall–Kier alpha value is -1.75. The van der Waals surface area contributed by atoms with Crippen LogP contribution in [0, 0.1) is 5.92 Å². The molecule has 5 heteroatoms. The zero-order valence-electron chi connectivity index (χ0n) is 12.7. The average Bonchev–Trinajstić information content (AvgIpc) is 2.93. The summed E-state index contributed by atoms with van der Waals surface area (Å²) >= 11 is 0. The Morgan fingerprint density at radius 2 is 1.95 bits per heavy atom. The van der Waals surface area contributed by atoms with Crippen molar-refractivity contribution in [1.82, 2.24) is 4.90 Å². The summed E-state index contributed by atoms with van der Waals surface area (Å²) in [4.78, 5) is 14.0. The molecule has 1 amide bonds.